The Morgan fingerprint density at radius 1 is 1.26 bits per heavy atom. The highest BCUT2D eigenvalue weighted by atomic mass is 32.2. The minimum atomic E-state index is -3.62. The van der Waals surface area contributed by atoms with Crippen LogP contribution in [0.1, 0.15) is 17.3 Å². The van der Waals surface area contributed by atoms with Crippen LogP contribution in [0.15, 0.2) is 26.2 Å². The van der Waals surface area contributed by atoms with E-state index in [1.165, 1.54) is 4.31 Å². The minimum Gasteiger partial charge on any atom is -0.379 e. The van der Waals surface area contributed by atoms with E-state index in [9.17, 15) is 8.42 Å². The summed E-state index contributed by atoms with van der Waals surface area (Å²) in [5, 5.41) is 12.2. The molecule has 1 fully saturated rings. The van der Waals surface area contributed by atoms with Crippen molar-refractivity contribution in [1.29, 1.82) is 0 Å². The highest BCUT2D eigenvalue weighted by Crippen LogP contribution is 2.25. The van der Waals surface area contributed by atoms with Crippen LogP contribution in [0.2, 0.25) is 0 Å². The van der Waals surface area contributed by atoms with Crippen molar-refractivity contribution < 1.29 is 17.7 Å². The molecule has 0 atom stereocenters. The molecule has 1 saturated heterocycles. The van der Waals surface area contributed by atoms with Gasteiger partial charge in [-0.3, -0.25) is 4.68 Å². The lowest BCUT2D eigenvalue weighted by Gasteiger charge is -2.26. The Kier molecular flexibility index (Phi) is 4.84. The zero-order valence-electron chi connectivity index (χ0n) is 15.0. The summed E-state index contributed by atoms with van der Waals surface area (Å²) in [6, 6.07) is 1.91. The fourth-order valence-corrected chi connectivity index (χ4v) is 5.50. The molecule has 27 heavy (non-hydrogen) atoms. The third kappa shape index (κ3) is 3.43. The second-order valence-corrected chi connectivity index (χ2v) is 8.85. The van der Waals surface area contributed by atoms with Crippen molar-refractivity contribution in [3.63, 3.8) is 0 Å². The zero-order valence-corrected chi connectivity index (χ0v) is 16.6. The van der Waals surface area contributed by atoms with Gasteiger partial charge in [0.15, 0.2) is 0 Å². The van der Waals surface area contributed by atoms with E-state index in [0.717, 1.165) is 5.56 Å². The van der Waals surface area contributed by atoms with Crippen LogP contribution in [-0.2, 0) is 21.3 Å². The van der Waals surface area contributed by atoms with Gasteiger partial charge < -0.3 is 9.26 Å². The fraction of sp³-hybridized carbons (Fsp3) is 0.438. The quantitative estimate of drug-likeness (QED) is 0.631. The van der Waals surface area contributed by atoms with E-state index in [0.29, 0.717) is 49.4 Å². The third-order valence-electron chi connectivity index (χ3n) is 4.42. The molecule has 9 nitrogen and oxygen atoms in total. The van der Waals surface area contributed by atoms with Crippen molar-refractivity contribution in [2.75, 3.05) is 26.3 Å². The molecule has 1 aliphatic heterocycles. The summed E-state index contributed by atoms with van der Waals surface area (Å²) in [7, 11) is -3.62. The maximum atomic E-state index is 13.0. The first-order valence-corrected chi connectivity index (χ1v) is 10.8. The number of ether oxygens (including phenoxy) is 1. The van der Waals surface area contributed by atoms with Gasteiger partial charge in [0.1, 0.15) is 11.4 Å². The van der Waals surface area contributed by atoms with Gasteiger partial charge in [-0.25, -0.2) is 8.42 Å². The number of morpholine rings is 1. The van der Waals surface area contributed by atoms with Crippen LogP contribution in [0.3, 0.4) is 0 Å². The zero-order chi connectivity index (χ0) is 19.0. The maximum Gasteiger partial charge on any atom is 0.248 e. The number of aryl methyl sites for hydroxylation is 1. The van der Waals surface area contributed by atoms with Crippen LogP contribution in [0.5, 0.6) is 0 Å². The van der Waals surface area contributed by atoms with Gasteiger partial charge in [0.25, 0.3) is 0 Å². The van der Waals surface area contributed by atoms with Crippen LogP contribution in [0, 0.1) is 13.8 Å². The molecule has 3 aromatic rings. The molecule has 3 aromatic heterocycles. The highest BCUT2D eigenvalue weighted by Gasteiger charge is 2.32. The lowest BCUT2D eigenvalue weighted by molar-refractivity contribution is 0.0730. The molecule has 0 spiro atoms. The fourth-order valence-electron chi connectivity index (χ4n) is 3.08. The number of hydrogen-bond donors (Lipinski definition) is 0. The minimum absolute atomic E-state index is 0.211. The average molecular weight is 409 g/mol. The van der Waals surface area contributed by atoms with Crippen molar-refractivity contribution in [3.05, 3.63) is 34.1 Å². The largest absolute Gasteiger partial charge is 0.379 e. The molecule has 0 bridgehead atoms. The third-order valence-corrected chi connectivity index (χ3v) is 7.25. The summed E-state index contributed by atoms with van der Waals surface area (Å²) in [4.78, 5) is 4.61. The summed E-state index contributed by atoms with van der Waals surface area (Å²) in [5.74, 6) is 0.881. The summed E-state index contributed by atoms with van der Waals surface area (Å²) < 4.78 is 39.6. The lowest BCUT2D eigenvalue weighted by atomic mass is 10.3. The van der Waals surface area contributed by atoms with Crippen molar-refractivity contribution in [3.8, 4) is 11.4 Å². The second-order valence-electron chi connectivity index (χ2n) is 6.20. The standard InChI is InChI=1S/C16H19N5O4S2/c1-11-15(27(22,23)20-4-6-24-7-5-20)12(2)21(18-11)9-14-17-16(19-25-14)13-3-8-26-10-13/h3,8,10H,4-7,9H2,1-2H3. The molecule has 0 aliphatic carbocycles. The van der Waals surface area contributed by atoms with Gasteiger partial charge in [0.05, 0.1) is 24.6 Å². The van der Waals surface area contributed by atoms with E-state index in [1.807, 2.05) is 16.8 Å². The number of sulfonamides is 1. The first-order chi connectivity index (χ1) is 13.0. The first-order valence-electron chi connectivity index (χ1n) is 8.44. The SMILES string of the molecule is Cc1nn(Cc2nc(-c3ccsc3)no2)c(C)c1S(=O)(=O)N1CCOCC1. The van der Waals surface area contributed by atoms with Gasteiger partial charge in [0, 0.05) is 24.0 Å². The van der Waals surface area contributed by atoms with Crippen molar-refractivity contribution in [1.82, 2.24) is 24.2 Å². The molecular weight excluding hydrogens is 390 g/mol. The van der Waals surface area contributed by atoms with E-state index in [4.69, 9.17) is 9.26 Å². The Labute approximate surface area is 160 Å². The molecule has 11 heteroatoms. The highest BCUT2D eigenvalue weighted by molar-refractivity contribution is 7.89. The monoisotopic (exact) mass is 409 g/mol. The summed E-state index contributed by atoms with van der Waals surface area (Å²) >= 11 is 1.55. The molecule has 0 N–H and O–H groups in total. The van der Waals surface area contributed by atoms with Crippen molar-refractivity contribution in [2.45, 2.75) is 25.3 Å². The Morgan fingerprint density at radius 3 is 2.74 bits per heavy atom. The molecular formula is C16H19N5O4S2. The van der Waals surface area contributed by atoms with Crippen LogP contribution in [-0.4, -0.2) is 58.9 Å². The molecule has 0 radical (unpaired) electrons. The second kappa shape index (κ2) is 7.15. The number of nitrogens with zero attached hydrogens (tertiary/aromatic N) is 5. The number of aromatic nitrogens is 4. The molecule has 1 aliphatic rings. The van der Waals surface area contributed by atoms with Crippen molar-refractivity contribution in [2.24, 2.45) is 0 Å². The molecule has 144 valence electrons. The van der Waals surface area contributed by atoms with Gasteiger partial charge in [-0.2, -0.15) is 25.7 Å². The van der Waals surface area contributed by atoms with E-state index in [2.05, 4.69) is 15.2 Å². The Balaban J connectivity index is 1.61. The normalized spacial score (nSPS) is 16.1. The van der Waals surface area contributed by atoms with Gasteiger partial charge in [0.2, 0.25) is 21.7 Å². The topological polar surface area (TPSA) is 103 Å². The van der Waals surface area contributed by atoms with Crippen molar-refractivity contribution >= 4 is 21.4 Å². The van der Waals surface area contributed by atoms with E-state index in [1.54, 1.807) is 29.9 Å². The van der Waals surface area contributed by atoms with E-state index >= 15 is 0 Å². The summed E-state index contributed by atoms with van der Waals surface area (Å²) in [6.45, 7) is 5.14. The van der Waals surface area contributed by atoms with E-state index in [-0.39, 0.29) is 11.4 Å². The van der Waals surface area contributed by atoms with Crippen LogP contribution in [0.4, 0.5) is 0 Å². The average Bonchev–Trinajstić information content (AvgIpc) is 3.37. The van der Waals surface area contributed by atoms with Gasteiger partial charge in [-0.15, -0.1) is 0 Å². The summed E-state index contributed by atoms with van der Waals surface area (Å²) in [5.41, 5.74) is 1.89. The summed E-state index contributed by atoms with van der Waals surface area (Å²) in [6.07, 6.45) is 0. The molecule has 0 aromatic carbocycles. The molecule has 4 heterocycles. The molecule has 4 rings (SSSR count). The Hall–Kier alpha value is -2.08. The first kappa shape index (κ1) is 18.3. The molecule has 0 saturated carbocycles. The smallest absolute Gasteiger partial charge is 0.248 e. The van der Waals surface area contributed by atoms with Crippen LogP contribution in [0.25, 0.3) is 11.4 Å². The van der Waals surface area contributed by atoms with Gasteiger partial charge in [-0.05, 0) is 25.3 Å². The molecule has 0 amide bonds. The predicted octanol–water partition coefficient (Wildman–Crippen LogP) is 1.68. The van der Waals surface area contributed by atoms with Gasteiger partial charge in [-0.1, -0.05) is 5.16 Å². The van der Waals surface area contributed by atoms with Gasteiger partial charge >= 0.3 is 0 Å². The Bertz CT molecular complexity index is 1030. The molecule has 0 unspecified atom stereocenters. The lowest BCUT2D eigenvalue weighted by Crippen LogP contribution is -2.41. The number of hydrogen-bond acceptors (Lipinski definition) is 8. The van der Waals surface area contributed by atoms with Crippen LogP contribution >= 0.6 is 11.3 Å². The maximum absolute atomic E-state index is 13.0. The van der Waals surface area contributed by atoms with Crippen LogP contribution < -0.4 is 0 Å². The number of rotatable bonds is 5. The predicted molar refractivity (Wildman–Crippen MR) is 98.0 cm³/mol. The Morgan fingerprint density at radius 2 is 2.04 bits per heavy atom. The number of thiophene rings is 1. The van der Waals surface area contributed by atoms with E-state index < -0.39 is 10.0 Å².